The highest BCUT2D eigenvalue weighted by Crippen LogP contribution is 2.17. The lowest BCUT2D eigenvalue weighted by molar-refractivity contribution is -0.119. The minimum Gasteiger partial charge on any atom is -0.491 e. The molecule has 1 saturated heterocycles. The number of benzene rings is 2. The highest BCUT2D eigenvalue weighted by molar-refractivity contribution is 5.95. The zero-order valence-corrected chi connectivity index (χ0v) is 15.3. The van der Waals surface area contributed by atoms with Crippen molar-refractivity contribution in [2.75, 3.05) is 25.1 Å². The highest BCUT2D eigenvalue weighted by atomic mass is 16.5. The molecule has 1 atom stereocenters. The van der Waals surface area contributed by atoms with Crippen molar-refractivity contribution in [3.05, 3.63) is 59.7 Å². The van der Waals surface area contributed by atoms with Crippen LogP contribution in [0.25, 0.3) is 0 Å². The first kappa shape index (κ1) is 18.9. The van der Waals surface area contributed by atoms with Crippen LogP contribution in [0, 0.1) is 6.92 Å². The lowest BCUT2D eigenvalue weighted by Crippen LogP contribution is -2.21. The number of rotatable bonds is 7. The normalized spacial score (nSPS) is 16.0. The Balaban J connectivity index is 1.43. The molecular formula is C21H23NO5. The van der Waals surface area contributed by atoms with Gasteiger partial charge in [-0.2, -0.15) is 0 Å². The van der Waals surface area contributed by atoms with E-state index in [1.54, 1.807) is 30.3 Å². The molecule has 3 rings (SSSR count). The van der Waals surface area contributed by atoms with Crippen molar-refractivity contribution in [2.24, 2.45) is 0 Å². The maximum Gasteiger partial charge on any atom is 0.338 e. The molecule has 1 aliphatic rings. The largest absolute Gasteiger partial charge is 0.491 e. The first-order chi connectivity index (χ1) is 13.1. The molecule has 2 aromatic rings. The molecule has 1 amide bonds. The van der Waals surface area contributed by atoms with E-state index in [0.29, 0.717) is 23.6 Å². The minimum atomic E-state index is -0.555. The monoisotopic (exact) mass is 369 g/mol. The van der Waals surface area contributed by atoms with E-state index in [1.165, 1.54) is 0 Å². The van der Waals surface area contributed by atoms with Crippen LogP contribution in [0.1, 0.15) is 28.8 Å². The van der Waals surface area contributed by atoms with Crippen LogP contribution < -0.4 is 10.1 Å². The number of amides is 1. The molecule has 0 spiro atoms. The zero-order chi connectivity index (χ0) is 19.1. The number of esters is 1. The summed E-state index contributed by atoms with van der Waals surface area (Å²) < 4.78 is 16.2. The number of carbonyl (C=O) groups excluding carboxylic acids is 2. The molecule has 0 aliphatic carbocycles. The van der Waals surface area contributed by atoms with Gasteiger partial charge in [-0.3, -0.25) is 4.79 Å². The summed E-state index contributed by atoms with van der Waals surface area (Å²) in [5.41, 5.74) is 2.07. The van der Waals surface area contributed by atoms with Gasteiger partial charge in [0.15, 0.2) is 6.61 Å². The van der Waals surface area contributed by atoms with Gasteiger partial charge >= 0.3 is 5.97 Å². The summed E-state index contributed by atoms with van der Waals surface area (Å²) >= 11 is 0. The van der Waals surface area contributed by atoms with Crippen molar-refractivity contribution < 1.29 is 23.8 Å². The molecule has 6 heteroatoms. The number of ether oxygens (including phenoxy) is 3. The standard InChI is InChI=1S/C21H23NO5/c1-15-4-2-5-17(12-15)22-20(23)14-27-21(24)16-7-9-18(10-8-16)26-13-19-6-3-11-25-19/h2,4-5,7-10,12,19H,3,6,11,13-14H2,1H3,(H,22,23). The van der Waals surface area contributed by atoms with Crippen LogP contribution in [-0.4, -0.2) is 37.8 Å². The Morgan fingerprint density at radius 1 is 1.19 bits per heavy atom. The van der Waals surface area contributed by atoms with Crippen LogP contribution in [0.5, 0.6) is 5.75 Å². The summed E-state index contributed by atoms with van der Waals surface area (Å²) in [4.78, 5) is 24.0. The molecule has 0 saturated carbocycles. The van der Waals surface area contributed by atoms with Gasteiger partial charge in [-0.15, -0.1) is 0 Å². The zero-order valence-electron chi connectivity index (χ0n) is 15.3. The van der Waals surface area contributed by atoms with Gasteiger partial charge in [0.25, 0.3) is 5.91 Å². The van der Waals surface area contributed by atoms with Gasteiger partial charge in [-0.05, 0) is 61.7 Å². The SMILES string of the molecule is Cc1cccc(NC(=O)COC(=O)c2ccc(OCC3CCCO3)cc2)c1. The predicted octanol–water partition coefficient (Wildman–Crippen LogP) is 3.35. The summed E-state index contributed by atoms with van der Waals surface area (Å²) in [7, 11) is 0. The summed E-state index contributed by atoms with van der Waals surface area (Å²) in [5.74, 6) is -0.273. The molecule has 0 aromatic heterocycles. The molecule has 2 aromatic carbocycles. The van der Waals surface area contributed by atoms with Crippen LogP contribution in [0.15, 0.2) is 48.5 Å². The first-order valence-electron chi connectivity index (χ1n) is 8.98. The van der Waals surface area contributed by atoms with Crippen molar-refractivity contribution in [2.45, 2.75) is 25.9 Å². The molecule has 1 N–H and O–H groups in total. The van der Waals surface area contributed by atoms with E-state index in [0.717, 1.165) is 25.0 Å². The number of hydrogen-bond acceptors (Lipinski definition) is 5. The smallest absolute Gasteiger partial charge is 0.338 e. The summed E-state index contributed by atoms with van der Waals surface area (Å²) in [6.45, 7) is 2.88. The summed E-state index contributed by atoms with van der Waals surface area (Å²) in [6, 6.07) is 14.0. The van der Waals surface area contributed by atoms with Crippen molar-refractivity contribution in [3.8, 4) is 5.75 Å². The number of anilines is 1. The Bertz CT molecular complexity index is 781. The minimum absolute atomic E-state index is 0.140. The van der Waals surface area contributed by atoms with E-state index in [-0.39, 0.29) is 18.6 Å². The Hall–Kier alpha value is -2.86. The highest BCUT2D eigenvalue weighted by Gasteiger charge is 2.16. The van der Waals surface area contributed by atoms with Crippen LogP contribution in [0.4, 0.5) is 5.69 Å². The number of carbonyl (C=O) groups is 2. The van der Waals surface area contributed by atoms with Crippen LogP contribution in [-0.2, 0) is 14.3 Å². The van der Waals surface area contributed by atoms with E-state index < -0.39 is 5.97 Å². The van der Waals surface area contributed by atoms with Gasteiger partial charge in [0.1, 0.15) is 12.4 Å². The van der Waals surface area contributed by atoms with Crippen molar-refractivity contribution in [3.63, 3.8) is 0 Å². The maximum atomic E-state index is 12.1. The average Bonchev–Trinajstić information content (AvgIpc) is 3.18. The fraction of sp³-hybridized carbons (Fsp3) is 0.333. The topological polar surface area (TPSA) is 73.9 Å². The van der Waals surface area contributed by atoms with Crippen LogP contribution in [0.2, 0.25) is 0 Å². The summed E-state index contributed by atoms with van der Waals surface area (Å²) in [6.07, 6.45) is 2.22. The summed E-state index contributed by atoms with van der Waals surface area (Å²) in [5, 5.41) is 2.69. The number of aryl methyl sites for hydroxylation is 1. The molecule has 1 heterocycles. The van der Waals surface area contributed by atoms with Gasteiger partial charge in [-0.1, -0.05) is 12.1 Å². The Kier molecular flexibility index (Phi) is 6.44. The van der Waals surface area contributed by atoms with Gasteiger partial charge in [0.2, 0.25) is 0 Å². The Morgan fingerprint density at radius 3 is 2.70 bits per heavy atom. The number of nitrogens with one attached hydrogen (secondary N) is 1. The molecule has 6 nitrogen and oxygen atoms in total. The second-order valence-corrected chi connectivity index (χ2v) is 6.46. The fourth-order valence-corrected chi connectivity index (χ4v) is 2.79. The predicted molar refractivity (Wildman–Crippen MR) is 101 cm³/mol. The maximum absolute atomic E-state index is 12.1. The average molecular weight is 369 g/mol. The fourth-order valence-electron chi connectivity index (χ4n) is 2.79. The third kappa shape index (κ3) is 5.82. The van der Waals surface area contributed by atoms with Crippen molar-refractivity contribution in [1.29, 1.82) is 0 Å². The molecular weight excluding hydrogens is 346 g/mol. The van der Waals surface area contributed by atoms with E-state index in [4.69, 9.17) is 14.2 Å². The Morgan fingerprint density at radius 2 is 2.00 bits per heavy atom. The van der Waals surface area contributed by atoms with Crippen molar-refractivity contribution in [1.82, 2.24) is 0 Å². The second kappa shape index (κ2) is 9.19. The molecule has 0 radical (unpaired) electrons. The molecule has 1 aliphatic heterocycles. The third-order valence-corrected chi connectivity index (χ3v) is 4.19. The molecule has 1 fully saturated rings. The first-order valence-corrected chi connectivity index (χ1v) is 8.98. The quantitative estimate of drug-likeness (QED) is 0.758. The van der Waals surface area contributed by atoms with Gasteiger partial charge in [-0.25, -0.2) is 4.79 Å². The Labute approximate surface area is 158 Å². The van der Waals surface area contributed by atoms with E-state index >= 15 is 0 Å². The second-order valence-electron chi connectivity index (χ2n) is 6.46. The molecule has 27 heavy (non-hydrogen) atoms. The van der Waals surface area contributed by atoms with Gasteiger partial charge in [0, 0.05) is 12.3 Å². The molecule has 1 unspecified atom stereocenters. The lowest BCUT2D eigenvalue weighted by Gasteiger charge is -2.11. The van der Waals surface area contributed by atoms with Crippen molar-refractivity contribution >= 4 is 17.6 Å². The van der Waals surface area contributed by atoms with E-state index in [2.05, 4.69) is 5.32 Å². The number of hydrogen-bond donors (Lipinski definition) is 1. The van der Waals surface area contributed by atoms with E-state index in [1.807, 2.05) is 25.1 Å². The third-order valence-electron chi connectivity index (χ3n) is 4.19. The van der Waals surface area contributed by atoms with Gasteiger partial charge < -0.3 is 19.5 Å². The van der Waals surface area contributed by atoms with Crippen LogP contribution >= 0.6 is 0 Å². The molecule has 142 valence electrons. The van der Waals surface area contributed by atoms with E-state index in [9.17, 15) is 9.59 Å². The molecule has 0 bridgehead atoms. The lowest BCUT2D eigenvalue weighted by atomic mass is 10.2. The van der Waals surface area contributed by atoms with Gasteiger partial charge in [0.05, 0.1) is 11.7 Å². The van der Waals surface area contributed by atoms with Crippen LogP contribution in [0.3, 0.4) is 0 Å².